The normalized spacial score (nSPS) is 10.6. The number of nitrogens with zero attached hydrogens (tertiary/aromatic N) is 2. The van der Waals surface area contributed by atoms with Gasteiger partial charge in [-0.05, 0) is 19.1 Å². The van der Waals surface area contributed by atoms with E-state index in [0.29, 0.717) is 18.9 Å². The van der Waals surface area contributed by atoms with Crippen LogP contribution in [-0.4, -0.2) is 22.1 Å². The third kappa shape index (κ3) is 2.61. The maximum atomic E-state index is 11.4. The number of aryl methyl sites for hydroxylation is 1. The molecule has 0 saturated heterocycles. The lowest BCUT2D eigenvalue weighted by Gasteiger charge is -2.03. The molecule has 0 N–H and O–H groups in total. The van der Waals surface area contributed by atoms with E-state index in [1.165, 1.54) is 0 Å². The Morgan fingerprint density at radius 2 is 2.28 bits per heavy atom. The van der Waals surface area contributed by atoms with Crippen LogP contribution in [-0.2, 0) is 17.7 Å². The van der Waals surface area contributed by atoms with Gasteiger partial charge in [0, 0.05) is 18.8 Å². The van der Waals surface area contributed by atoms with Crippen LogP contribution in [0.25, 0.3) is 0 Å². The van der Waals surface area contributed by atoms with E-state index in [1.54, 1.807) is 25.3 Å². The molecule has 0 aliphatic carbocycles. The van der Waals surface area contributed by atoms with Gasteiger partial charge in [-0.25, -0.2) is 9.78 Å². The molecule has 2 aromatic heterocycles. The van der Waals surface area contributed by atoms with Crippen LogP contribution in [0.5, 0.6) is 0 Å². The van der Waals surface area contributed by atoms with Crippen molar-refractivity contribution in [2.24, 2.45) is 0 Å². The van der Waals surface area contributed by atoms with Crippen molar-refractivity contribution in [1.29, 1.82) is 0 Å². The summed E-state index contributed by atoms with van der Waals surface area (Å²) in [4.78, 5) is 15.7. The molecule has 5 nitrogen and oxygen atoms in total. The number of hydrogen-bond acceptors (Lipinski definition) is 4. The Morgan fingerprint density at radius 1 is 1.44 bits per heavy atom. The van der Waals surface area contributed by atoms with Gasteiger partial charge in [-0.2, -0.15) is 0 Å². The topological polar surface area (TPSA) is 57.3 Å². The highest BCUT2D eigenvalue weighted by atomic mass is 16.5. The van der Waals surface area contributed by atoms with Crippen LogP contribution < -0.4 is 0 Å². The Labute approximate surface area is 105 Å². The number of hydrogen-bond donors (Lipinski definition) is 0. The van der Waals surface area contributed by atoms with Crippen molar-refractivity contribution in [1.82, 2.24) is 9.55 Å². The summed E-state index contributed by atoms with van der Waals surface area (Å²) < 4.78 is 12.3. The highest BCUT2D eigenvalue weighted by Gasteiger charge is 2.12. The Morgan fingerprint density at radius 3 is 3.00 bits per heavy atom. The van der Waals surface area contributed by atoms with Crippen molar-refractivity contribution in [3.8, 4) is 0 Å². The zero-order chi connectivity index (χ0) is 13.0. The predicted octanol–water partition coefficient (Wildman–Crippen LogP) is 2.26. The van der Waals surface area contributed by atoms with E-state index in [2.05, 4.69) is 4.98 Å². The third-order valence-corrected chi connectivity index (χ3v) is 2.58. The average Bonchev–Trinajstić information content (AvgIpc) is 2.99. The SMILES string of the molecule is CCOC(=O)c1ccc(Cn2ccnc2CC)o1. The molecular formula is C13H16N2O3. The van der Waals surface area contributed by atoms with Gasteiger partial charge in [-0.3, -0.25) is 0 Å². The molecule has 0 atom stereocenters. The maximum absolute atomic E-state index is 11.4. The zero-order valence-corrected chi connectivity index (χ0v) is 10.5. The van der Waals surface area contributed by atoms with Gasteiger partial charge in [0.05, 0.1) is 13.2 Å². The Bertz CT molecular complexity index is 528. The van der Waals surface area contributed by atoms with E-state index < -0.39 is 5.97 Å². The molecule has 2 heterocycles. The highest BCUT2D eigenvalue weighted by Crippen LogP contribution is 2.12. The summed E-state index contributed by atoms with van der Waals surface area (Å²) in [6.45, 7) is 4.73. The molecule has 2 rings (SSSR count). The third-order valence-electron chi connectivity index (χ3n) is 2.58. The van der Waals surface area contributed by atoms with Crippen LogP contribution in [0.15, 0.2) is 28.9 Å². The van der Waals surface area contributed by atoms with Crippen molar-refractivity contribution in [2.75, 3.05) is 6.61 Å². The number of carbonyl (C=O) groups excluding carboxylic acids is 1. The molecule has 0 fully saturated rings. The molecule has 96 valence electrons. The Hall–Kier alpha value is -2.04. The molecule has 0 aromatic carbocycles. The number of esters is 1. The van der Waals surface area contributed by atoms with Crippen molar-refractivity contribution in [3.63, 3.8) is 0 Å². The number of imidazole rings is 1. The van der Waals surface area contributed by atoms with Crippen LogP contribution in [0.4, 0.5) is 0 Å². The van der Waals surface area contributed by atoms with Gasteiger partial charge in [0.1, 0.15) is 11.6 Å². The van der Waals surface area contributed by atoms with Crippen LogP contribution in [0.1, 0.15) is 36.0 Å². The Balaban J connectivity index is 2.09. The summed E-state index contributed by atoms with van der Waals surface area (Å²) in [6, 6.07) is 3.42. The maximum Gasteiger partial charge on any atom is 0.374 e. The molecule has 0 unspecified atom stereocenters. The number of carbonyl (C=O) groups is 1. The quantitative estimate of drug-likeness (QED) is 0.761. The first-order chi connectivity index (χ1) is 8.74. The van der Waals surface area contributed by atoms with E-state index in [1.807, 2.05) is 17.7 Å². The molecule has 5 heteroatoms. The average molecular weight is 248 g/mol. The second kappa shape index (κ2) is 5.53. The van der Waals surface area contributed by atoms with Gasteiger partial charge in [0.2, 0.25) is 5.76 Å². The van der Waals surface area contributed by atoms with Crippen LogP contribution >= 0.6 is 0 Å². The molecule has 0 bridgehead atoms. The molecule has 0 aliphatic rings. The summed E-state index contributed by atoms with van der Waals surface area (Å²) in [6.07, 6.45) is 4.51. The molecule has 0 aliphatic heterocycles. The van der Waals surface area contributed by atoms with Crippen LogP contribution in [0.3, 0.4) is 0 Å². The van der Waals surface area contributed by atoms with Gasteiger partial charge in [-0.15, -0.1) is 0 Å². The minimum Gasteiger partial charge on any atom is -0.460 e. The zero-order valence-electron chi connectivity index (χ0n) is 10.5. The molecule has 0 saturated carbocycles. The van der Waals surface area contributed by atoms with Crippen LogP contribution in [0.2, 0.25) is 0 Å². The van der Waals surface area contributed by atoms with Crippen molar-refractivity contribution in [2.45, 2.75) is 26.8 Å². The fraction of sp³-hybridized carbons (Fsp3) is 0.385. The fourth-order valence-corrected chi connectivity index (χ4v) is 1.74. The van der Waals surface area contributed by atoms with Gasteiger partial charge < -0.3 is 13.7 Å². The largest absolute Gasteiger partial charge is 0.460 e. The van der Waals surface area contributed by atoms with E-state index >= 15 is 0 Å². The summed E-state index contributed by atoms with van der Waals surface area (Å²) in [5, 5.41) is 0. The van der Waals surface area contributed by atoms with Crippen LogP contribution in [0, 0.1) is 0 Å². The molecule has 0 amide bonds. The minimum absolute atomic E-state index is 0.241. The summed E-state index contributed by atoms with van der Waals surface area (Å²) in [5.41, 5.74) is 0. The van der Waals surface area contributed by atoms with Gasteiger partial charge in [0.25, 0.3) is 0 Å². The standard InChI is InChI=1S/C13H16N2O3/c1-3-12-14-7-8-15(12)9-10-5-6-11(18-10)13(16)17-4-2/h5-8H,3-4,9H2,1-2H3. The summed E-state index contributed by atoms with van der Waals surface area (Å²) in [7, 11) is 0. The van der Waals surface area contributed by atoms with Gasteiger partial charge in [-0.1, -0.05) is 6.92 Å². The number of furan rings is 1. The highest BCUT2D eigenvalue weighted by molar-refractivity contribution is 5.86. The lowest BCUT2D eigenvalue weighted by Crippen LogP contribution is -2.04. The summed E-state index contributed by atoms with van der Waals surface area (Å²) >= 11 is 0. The smallest absolute Gasteiger partial charge is 0.374 e. The fourth-order valence-electron chi connectivity index (χ4n) is 1.74. The van der Waals surface area contributed by atoms with Gasteiger partial charge in [0.15, 0.2) is 0 Å². The lowest BCUT2D eigenvalue weighted by atomic mass is 10.4. The Kier molecular flexibility index (Phi) is 3.82. The molecule has 18 heavy (non-hydrogen) atoms. The predicted molar refractivity (Wildman–Crippen MR) is 65.4 cm³/mol. The minimum atomic E-state index is -0.426. The molecule has 0 spiro atoms. The van der Waals surface area contributed by atoms with E-state index in [-0.39, 0.29) is 5.76 Å². The van der Waals surface area contributed by atoms with E-state index in [0.717, 1.165) is 12.2 Å². The second-order valence-electron chi connectivity index (χ2n) is 3.81. The first-order valence-electron chi connectivity index (χ1n) is 6.00. The first-order valence-corrected chi connectivity index (χ1v) is 6.00. The number of rotatable bonds is 5. The molecule has 2 aromatic rings. The van der Waals surface area contributed by atoms with Crippen molar-refractivity contribution < 1.29 is 13.9 Å². The first kappa shape index (κ1) is 12.4. The number of aromatic nitrogens is 2. The van der Waals surface area contributed by atoms with E-state index in [9.17, 15) is 4.79 Å². The number of ether oxygens (including phenoxy) is 1. The molecule has 0 radical (unpaired) electrons. The summed E-state index contributed by atoms with van der Waals surface area (Å²) in [5.74, 6) is 1.52. The van der Waals surface area contributed by atoms with Crippen molar-refractivity contribution in [3.05, 3.63) is 41.9 Å². The van der Waals surface area contributed by atoms with Gasteiger partial charge >= 0.3 is 5.97 Å². The second-order valence-corrected chi connectivity index (χ2v) is 3.81. The monoisotopic (exact) mass is 248 g/mol. The van der Waals surface area contributed by atoms with Crippen molar-refractivity contribution >= 4 is 5.97 Å². The molecular weight excluding hydrogens is 232 g/mol. The lowest BCUT2D eigenvalue weighted by molar-refractivity contribution is 0.0488. The van der Waals surface area contributed by atoms with E-state index in [4.69, 9.17) is 9.15 Å².